The SMILES string of the molecule is COc1ccc(C2=C(N(C)C)C=CCC2)cc1. The zero-order valence-electron chi connectivity index (χ0n) is 10.7. The Morgan fingerprint density at radius 2 is 1.82 bits per heavy atom. The van der Waals surface area contributed by atoms with Gasteiger partial charge in [0.15, 0.2) is 0 Å². The summed E-state index contributed by atoms with van der Waals surface area (Å²) >= 11 is 0. The lowest BCUT2D eigenvalue weighted by molar-refractivity contribution is 0.415. The zero-order chi connectivity index (χ0) is 12.3. The van der Waals surface area contributed by atoms with Crippen molar-refractivity contribution in [3.05, 3.63) is 47.7 Å². The van der Waals surface area contributed by atoms with Gasteiger partial charge in [-0.15, -0.1) is 0 Å². The molecule has 17 heavy (non-hydrogen) atoms. The van der Waals surface area contributed by atoms with E-state index in [1.165, 1.54) is 16.8 Å². The van der Waals surface area contributed by atoms with E-state index in [1.807, 2.05) is 12.1 Å². The first-order valence-electron chi connectivity index (χ1n) is 5.94. The number of likely N-dealkylation sites (N-methyl/N-ethyl adjacent to an activating group) is 1. The normalized spacial score (nSPS) is 15.0. The molecule has 0 aliphatic heterocycles. The van der Waals surface area contributed by atoms with Crippen LogP contribution in [0.25, 0.3) is 5.57 Å². The van der Waals surface area contributed by atoms with Gasteiger partial charge < -0.3 is 9.64 Å². The van der Waals surface area contributed by atoms with Gasteiger partial charge in [0.05, 0.1) is 7.11 Å². The fourth-order valence-electron chi connectivity index (χ4n) is 2.15. The number of rotatable bonds is 3. The minimum atomic E-state index is 0.909. The third-order valence-electron chi connectivity index (χ3n) is 3.07. The standard InChI is InChI=1S/C15H19NO/c1-16(2)15-7-5-4-6-14(15)12-8-10-13(17-3)11-9-12/h5,7-11H,4,6H2,1-3H3. The molecule has 0 amide bonds. The van der Waals surface area contributed by atoms with Gasteiger partial charge in [0.1, 0.15) is 5.75 Å². The Hall–Kier alpha value is -1.70. The maximum atomic E-state index is 5.19. The molecule has 0 N–H and O–H groups in total. The minimum absolute atomic E-state index is 0.909. The van der Waals surface area contributed by atoms with Crippen LogP contribution in [0.3, 0.4) is 0 Å². The molecule has 0 unspecified atom stereocenters. The van der Waals surface area contributed by atoms with Crippen molar-refractivity contribution >= 4 is 5.57 Å². The highest BCUT2D eigenvalue weighted by Gasteiger charge is 2.12. The van der Waals surface area contributed by atoms with Crippen LogP contribution in [0.1, 0.15) is 18.4 Å². The maximum absolute atomic E-state index is 5.19. The molecule has 1 aliphatic carbocycles. The number of allylic oxidation sites excluding steroid dienone is 3. The van der Waals surface area contributed by atoms with E-state index in [2.05, 4.69) is 43.3 Å². The molecule has 2 heteroatoms. The molecular formula is C15H19NO. The second-order valence-electron chi connectivity index (χ2n) is 4.43. The molecule has 90 valence electrons. The first-order valence-corrected chi connectivity index (χ1v) is 5.94. The van der Waals surface area contributed by atoms with Crippen molar-refractivity contribution in [3.63, 3.8) is 0 Å². The maximum Gasteiger partial charge on any atom is 0.118 e. The van der Waals surface area contributed by atoms with Crippen LogP contribution in [-0.4, -0.2) is 26.1 Å². The highest BCUT2D eigenvalue weighted by Crippen LogP contribution is 2.30. The Labute approximate surface area is 103 Å². The molecule has 0 fully saturated rings. The zero-order valence-corrected chi connectivity index (χ0v) is 10.7. The number of nitrogens with zero attached hydrogens (tertiary/aromatic N) is 1. The Balaban J connectivity index is 2.38. The van der Waals surface area contributed by atoms with E-state index in [0.29, 0.717) is 0 Å². The molecule has 0 radical (unpaired) electrons. The van der Waals surface area contributed by atoms with E-state index in [9.17, 15) is 0 Å². The van der Waals surface area contributed by atoms with Crippen LogP contribution in [-0.2, 0) is 0 Å². The molecule has 2 rings (SSSR count). The molecular weight excluding hydrogens is 210 g/mol. The third-order valence-corrected chi connectivity index (χ3v) is 3.07. The molecule has 0 spiro atoms. The summed E-state index contributed by atoms with van der Waals surface area (Å²) in [5.41, 5.74) is 4.01. The van der Waals surface area contributed by atoms with Gasteiger partial charge in [-0.05, 0) is 42.2 Å². The second-order valence-corrected chi connectivity index (χ2v) is 4.43. The van der Waals surface area contributed by atoms with Gasteiger partial charge in [0.2, 0.25) is 0 Å². The van der Waals surface area contributed by atoms with Crippen LogP contribution >= 0.6 is 0 Å². The van der Waals surface area contributed by atoms with Crippen LogP contribution in [0.5, 0.6) is 5.75 Å². The average Bonchev–Trinajstić information content (AvgIpc) is 2.39. The average molecular weight is 229 g/mol. The highest BCUT2D eigenvalue weighted by molar-refractivity contribution is 5.72. The molecule has 1 aromatic rings. The van der Waals surface area contributed by atoms with Gasteiger partial charge in [0, 0.05) is 19.8 Å². The fraction of sp³-hybridized carbons (Fsp3) is 0.333. The highest BCUT2D eigenvalue weighted by atomic mass is 16.5. The van der Waals surface area contributed by atoms with E-state index in [4.69, 9.17) is 4.74 Å². The van der Waals surface area contributed by atoms with Crippen molar-refractivity contribution in [2.75, 3.05) is 21.2 Å². The van der Waals surface area contributed by atoms with Crippen LogP contribution in [0.2, 0.25) is 0 Å². The molecule has 0 aromatic heterocycles. The van der Waals surface area contributed by atoms with Gasteiger partial charge >= 0.3 is 0 Å². The Morgan fingerprint density at radius 1 is 1.12 bits per heavy atom. The monoisotopic (exact) mass is 229 g/mol. The van der Waals surface area contributed by atoms with Gasteiger partial charge in [-0.1, -0.05) is 18.2 Å². The van der Waals surface area contributed by atoms with Crippen LogP contribution in [0, 0.1) is 0 Å². The molecule has 1 aliphatic rings. The molecule has 2 nitrogen and oxygen atoms in total. The summed E-state index contributed by atoms with van der Waals surface area (Å²) in [4.78, 5) is 2.18. The Bertz CT molecular complexity index is 440. The number of hydrogen-bond acceptors (Lipinski definition) is 2. The number of methoxy groups -OCH3 is 1. The Morgan fingerprint density at radius 3 is 2.41 bits per heavy atom. The van der Waals surface area contributed by atoms with Crippen molar-refractivity contribution in [2.45, 2.75) is 12.8 Å². The van der Waals surface area contributed by atoms with E-state index in [-0.39, 0.29) is 0 Å². The number of benzene rings is 1. The van der Waals surface area contributed by atoms with Crippen molar-refractivity contribution in [1.29, 1.82) is 0 Å². The lowest BCUT2D eigenvalue weighted by Gasteiger charge is -2.22. The Kier molecular flexibility index (Phi) is 3.52. The van der Waals surface area contributed by atoms with Gasteiger partial charge in [-0.3, -0.25) is 0 Å². The van der Waals surface area contributed by atoms with Crippen molar-refractivity contribution in [1.82, 2.24) is 4.90 Å². The fourth-order valence-corrected chi connectivity index (χ4v) is 2.15. The third kappa shape index (κ3) is 2.52. The molecule has 1 aromatic carbocycles. The van der Waals surface area contributed by atoms with Crippen LogP contribution in [0.15, 0.2) is 42.1 Å². The van der Waals surface area contributed by atoms with Gasteiger partial charge in [0.25, 0.3) is 0 Å². The topological polar surface area (TPSA) is 12.5 Å². The molecule has 0 atom stereocenters. The lowest BCUT2D eigenvalue weighted by atomic mass is 9.94. The molecule has 0 saturated heterocycles. The quantitative estimate of drug-likeness (QED) is 0.788. The molecule has 0 saturated carbocycles. The number of ether oxygens (including phenoxy) is 1. The van der Waals surface area contributed by atoms with Crippen molar-refractivity contribution in [3.8, 4) is 5.75 Å². The minimum Gasteiger partial charge on any atom is -0.497 e. The summed E-state index contributed by atoms with van der Waals surface area (Å²) in [7, 11) is 5.88. The van der Waals surface area contributed by atoms with Crippen LogP contribution < -0.4 is 4.74 Å². The van der Waals surface area contributed by atoms with Gasteiger partial charge in [-0.2, -0.15) is 0 Å². The van der Waals surface area contributed by atoms with E-state index in [0.717, 1.165) is 18.6 Å². The van der Waals surface area contributed by atoms with E-state index in [1.54, 1.807) is 7.11 Å². The second kappa shape index (κ2) is 5.09. The van der Waals surface area contributed by atoms with Crippen molar-refractivity contribution in [2.24, 2.45) is 0 Å². The summed E-state index contributed by atoms with van der Waals surface area (Å²) < 4.78 is 5.19. The summed E-state index contributed by atoms with van der Waals surface area (Å²) in [6.07, 6.45) is 6.68. The van der Waals surface area contributed by atoms with E-state index < -0.39 is 0 Å². The predicted octanol–water partition coefficient (Wildman–Crippen LogP) is 3.32. The summed E-state index contributed by atoms with van der Waals surface area (Å²) in [5, 5.41) is 0. The number of hydrogen-bond donors (Lipinski definition) is 0. The van der Waals surface area contributed by atoms with Crippen LogP contribution in [0.4, 0.5) is 0 Å². The van der Waals surface area contributed by atoms with E-state index >= 15 is 0 Å². The largest absolute Gasteiger partial charge is 0.497 e. The first kappa shape index (κ1) is 11.8. The van der Waals surface area contributed by atoms with Gasteiger partial charge in [-0.25, -0.2) is 0 Å². The summed E-state index contributed by atoms with van der Waals surface area (Å²) in [6, 6.07) is 8.32. The molecule has 0 heterocycles. The summed E-state index contributed by atoms with van der Waals surface area (Å²) in [6.45, 7) is 0. The smallest absolute Gasteiger partial charge is 0.118 e. The summed E-state index contributed by atoms with van der Waals surface area (Å²) in [5.74, 6) is 0.909. The predicted molar refractivity (Wildman–Crippen MR) is 72.0 cm³/mol. The first-order chi connectivity index (χ1) is 8.22. The van der Waals surface area contributed by atoms with Crippen molar-refractivity contribution < 1.29 is 4.74 Å². The lowest BCUT2D eigenvalue weighted by Crippen LogP contribution is -2.13. The molecule has 0 bridgehead atoms.